The van der Waals surface area contributed by atoms with Gasteiger partial charge in [0.05, 0.1) is 0 Å². The minimum atomic E-state index is -0.00296. The Morgan fingerprint density at radius 3 is 2.90 bits per heavy atom. The molecule has 1 aromatic carbocycles. The molecule has 20 heavy (non-hydrogen) atoms. The summed E-state index contributed by atoms with van der Waals surface area (Å²) >= 11 is 7.62. The highest BCUT2D eigenvalue weighted by Crippen LogP contribution is 2.23. The van der Waals surface area contributed by atoms with E-state index in [0.29, 0.717) is 18.1 Å². The molecule has 0 atom stereocenters. The molecular formula is C15H15ClN2OS. The molecule has 0 saturated carbocycles. The molecule has 0 spiro atoms. The predicted octanol–water partition coefficient (Wildman–Crippen LogP) is 3.67. The Kier molecular flexibility index (Phi) is 3.94. The third-order valence-electron chi connectivity index (χ3n) is 3.45. The van der Waals surface area contributed by atoms with Gasteiger partial charge in [-0.3, -0.25) is 0 Å². The summed E-state index contributed by atoms with van der Waals surface area (Å²) in [6.07, 6.45) is 0.960. The fourth-order valence-corrected chi connectivity index (χ4v) is 3.33. The van der Waals surface area contributed by atoms with Crippen molar-refractivity contribution in [3.05, 3.63) is 56.7 Å². The zero-order valence-electron chi connectivity index (χ0n) is 10.9. The van der Waals surface area contributed by atoms with Crippen molar-refractivity contribution in [2.45, 2.75) is 19.5 Å². The molecular weight excluding hydrogens is 292 g/mol. The lowest BCUT2D eigenvalue weighted by atomic mass is 10.1. The fraction of sp³-hybridized carbons (Fsp3) is 0.267. The van der Waals surface area contributed by atoms with E-state index >= 15 is 0 Å². The molecule has 0 radical (unpaired) electrons. The van der Waals surface area contributed by atoms with Crippen LogP contribution in [-0.2, 0) is 19.5 Å². The van der Waals surface area contributed by atoms with Crippen LogP contribution in [0.4, 0.5) is 4.79 Å². The number of amides is 2. The van der Waals surface area contributed by atoms with E-state index < -0.39 is 0 Å². The fourth-order valence-electron chi connectivity index (χ4n) is 2.31. The van der Waals surface area contributed by atoms with Crippen LogP contribution in [0.3, 0.4) is 0 Å². The van der Waals surface area contributed by atoms with Gasteiger partial charge < -0.3 is 10.2 Å². The second-order valence-corrected chi connectivity index (χ2v) is 6.26. The van der Waals surface area contributed by atoms with E-state index in [1.807, 2.05) is 29.2 Å². The van der Waals surface area contributed by atoms with E-state index in [4.69, 9.17) is 11.6 Å². The van der Waals surface area contributed by atoms with Crippen LogP contribution in [0.1, 0.15) is 16.0 Å². The highest BCUT2D eigenvalue weighted by Gasteiger charge is 2.20. The monoisotopic (exact) mass is 306 g/mol. The average molecular weight is 307 g/mol. The molecule has 1 aliphatic heterocycles. The van der Waals surface area contributed by atoms with Crippen molar-refractivity contribution in [3.8, 4) is 0 Å². The highest BCUT2D eigenvalue weighted by atomic mass is 35.5. The van der Waals surface area contributed by atoms with E-state index in [2.05, 4.69) is 16.8 Å². The summed E-state index contributed by atoms with van der Waals surface area (Å²) in [6.45, 7) is 2.04. The SMILES string of the molecule is O=C(NCc1ccc(Cl)cc1)N1CCc2sccc2C1. The second-order valence-electron chi connectivity index (χ2n) is 4.83. The van der Waals surface area contributed by atoms with Crippen LogP contribution >= 0.6 is 22.9 Å². The summed E-state index contributed by atoms with van der Waals surface area (Å²) in [5.41, 5.74) is 2.33. The Labute approximate surface area is 127 Å². The van der Waals surface area contributed by atoms with E-state index in [1.165, 1.54) is 10.4 Å². The molecule has 2 amide bonds. The number of thiophene rings is 1. The summed E-state index contributed by atoms with van der Waals surface area (Å²) in [5, 5.41) is 5.76. The van der Waals surface area contributed by atoms with Crippen molar-refractivity contribution < 1.29 is 4.79 Å². The number of hydrogen-bond acceptors (Lipinski definition) is 2. The van der Waals surface area contributed by atoms with Crippen LogP contribution in [-0.4, -0.2) is 17.5 Å². The smallest absolute Gasteiger partial charge is 0.317 e. The number of benzene rings is 1. The number of urea groups is 1. The largest absolute Gasteiger partial charge is 0.334 e. The van der Waals surface area contributed by atoms with Gasteiger partial charge in [-0.15, -0.1) is 11.3 Å². The normalized spacial score (nSPS) is 13.9. The lowest BCUT2D eigenvalue weighted by Crippen LogP contribution is -2.42. The van der Waals surface area contributed by atoms with Crippen molar-refractivity contribution in [2.24, 2.45) is 0 Å². The van der Waals surface area contributed by atoms with Gasteiger partial charge in [-0.25, -0.2) is 4.79 Å². The van der Waals surface area contributed by atoms with Gasteiger partial charge in [0.15, 0.2) is 0 Å². The number of carbonyl (C=O) groups is 1. The lowest BCUT2D eigenvalue weighted by molar-refractivity contribution is 0.192. The van der Waals surface area contributed by atoms with Gasteiger partial charge in [0.2, 0.25) is 0 Å². The highest BCUT2D eigenvalue weighted by molar-refractivity contribution is 7.10. The lowest BCUT2D eigenvalue weighted by Gasteiger charge is -2.27. The van der Waals surface area contributed by atoms with Gasteiger partial charge in [-0.2, -0.15) is 0 Å². The maximum absolute atomic E-state index is 12.2. The topological polar surface area (TPSA) is 32.3 Å². The number of fused-ring (bicyclic) bond motifs is 1. The quantitative estimate of drug-likeness (QED) is 0.902. The number of rotatable bonds is 2. The van der Waals surface area contributed by atoms with Crippen molar-refractivity contribution in [3.63, 3.8) is 0 Å². The number of carbonyl (C=O) groups excluding carboxylic acids is 1. The molecule has 0 aliphatic carbocycles. The zero-order valence-corrected chi connectivity index (χ0v) is 12.5. The zero-order chi connectivity index (χ0) is 13.9. The predicted molar refractivity (Wildman–Crippen MR) is 82.1 cm³/mol. The number of halogens is 1. The van der Waals surface area contributed by atoms with E-state index in [0.717, 1.165) is 18.5 Å². The Hall–Kier alpha value is -1.52. The van der Waals surface area contributed by atoms with E-state index in [-0.39, 0.29) is 6.03 Å². The molecule has 0 saturated heterocycles. The van der Waals surface area contributed by atoms with Crippen LogP contribution in [0.5, 0.6) is 0 Å². The van der Waals surface area contributed by atoms with Crippen LogP contribution < -0.4 is 5.32 Å². The molecule has 1 aliphatic rings. The van der Waals surface area contributed by atoms with Gasteiger partial charge >= 0.3 is 6.03 Å². The maximum Gasteiger partial charge on any atom is 0.317 e. The molecule has 0 unspecified atom stereocenters. The average Bonchev–Trinajstić information content (AvgIpc) is 2.93. The first kappa shape index (κ1) is 13.5. The summed E-state index contributed by atoms with van der Waals surface area (Å²) in [4.78, 5) is 15.4. The molecule has 104 valence electrons. The summed E-state index contributed by atoms with van der Waals surface area (Å²) in [6, 6.07) is 9.63. The summed E-state index contributed by atoms with van der Waals surface area (Å²) < 4.78 is 0. The molecule has 0 bridgehead atoms. The molecule has 0 fully saturated rings. The molecule has 3 nitrogen and oxygen atoms in total. The molecule has 1 N–H and O–H groups in total. The Morgan fingerprint density at radius 1 is 1.30 bits per heavy atom. The molecule has 5 heteroatoms. The van der Waals surface area contributed by atoms with Crippen LogP contribution in [0, 0.1) is 0 Å². The van der Waals surface area contributed by atoms with Crippen LogP contribution in [0.25, 0.3) is 0 Å². The third kappa shape index (κ3) is 2.97. The number of nitrogens with one attached hydrogen (secondary N) is 1. The Bertz CT molecular complexity index is 609. The van der Waals surface area contributed by atoms with Gasteiger partial charge in [0.1, 0.15) is 0 Å². The first-order valence-corrected chi connectivity index (χ1v) is 7.80. The first-order chi connectivity index (χ1) is 9.72. The maximum atomic E-state index is 12.2. The van der Waals surface area contributed by atoms with Gasteiger partial charge in [-0.05, 0) is 41.1 Å². The van der Waals surface area contributed by atoms with Crippen molar-refractivity contribution in [1.29, 1.82) is 0 Å². The summed E-state index contributed by atoms with van der Waals surface area (Å²) in [7, 11) is 0. The minimum absolute atomic E-state index is 0.00296. The Balaban J connectivity index is 1.56. The number of hydrogen-bond donors (Lipinski definition) is 1. The third-order valence-corrected chi connectivity index (χ3v) is 4.73. The first-order valence-electron chi connectivity index (χ1n) is 6.55. The summed E-state index contributed by atoms with van der Waals surface area (Å²) in [5.74, 6) is 0. The molecule has 2 heterocycles. The number of nitrogens with zero attached hydrogens (tertiary/aromatic N) is 1. The van der Waals surface area contributed by atoms with Gasteiger partial charge in [-0.1, -0.05) is 23.7 Å². The second kappa shape index (κ2) is 5.85. The van der Waals surface area contributed by atoms with Crippen molar-refractivity contribution in [2.75, 3.05) is 6.54 Å². The van der Waals surface area contributed by atoms with Gasteiger partial charge in [0.25, 0.3) is 0 Å². The van der Waals surface area contributed by atoms with Crippen molar-refractivity contribution >= 4 is 29.0 Å². The van der Waals surface area contributed by atoms with E-state index in [9.17, 15) is 4.79 Å². The molecule has 1 aromatic heterocycles. The van der Waals surface area contributed by atoms with Crippen molar-refractivity contribution in [1.82, 2.24) is 10.2 Å². The minimum Gasteiger partial charge on any atom is -0.334 e. The molecule has 2 aromatic rings. The van der Waals surface area contributed by atoms with Crippen LogP contribution in [0.2, 0.25) is 5.02 Å². The standard InChI is InChI=1S/C15H15ClN2OS/c16-13-3-1-11(2-4-13)9-17-15(19)18-7-5-14-12(10-18)6-8-20-14/h1-4,6,8H,5,7,9-10H2,(H,17,19). The van der Waals surface area contributed by atoms with Crippen LogP contribution in [0.15, 0.2) is 35.7 Å². The van der Waals surface area contributed by atoms with E-state index in [1.54, 1.807) is 11.3 Å². The Morgan fingerprint density at radius 2 is 2.10 bits per heavy atom. The van der Waals surface area contributed by atoms with Gasteiger partial charge in [0, 0.05) is 29.5 Å². The molecule has 3 rings (SSSR count).